The summed E-state index contributed by atoms with van der Waals surface area (Å²) >= 11 is 0. The highest BCUT2D eigenvalue weighted by Crippen LogP contribution is 2.11. The van der Waals surface area contributed by atoms with Gasteiger partial charge in [-0.25, -0.2) is 14.8 Å². The average Bonchev–Trinajstić information content (AvgIpc) is 2.60. The van der Waals surface area contributed by atoms with Crippen molar-refractivity contribution in [3.63, 3.8) is 0 Å². The summed E-state index contributed by atoms with van der Waals surface area (Å²) in [5.74, 6) is -0.509. The number of hydrogen-bond acceptors (Lipinski definition) is 5. The number of ether oxygens (including phenoxy) is 1. The summed E-state index contributed by atoms with van der Waals surface area (Å²) in [6.07, 6.45) is 2.89. The van der Waals surface area contributed by atoms with Crippen LogP contribution in [0.15, 0.2) is 12.5 Å². The molecule has 2 rings (SSSR count). The smallest absolute Gasteiger partial charge is 0.360 e. The van der Waals surface area contributed by atoms with Gasteiger partial charge in [0.1, 0.15) is 17.4 Å². The van der Waals surface area contributed by atoms with Gasteiger partial charge in [0.05, 0.1) is 13.3 Å². The molecule has 13 heavy (non-hydrogen) atoms. The first-order valence-electron chi connectivity index (χ1n) is 3.55. The van der Waals surface area contributed by atoms with Crippen LogP contribution in [0.1, 0.15) is 10.5 Å². The third-order valence-corrected chi connectivity index (χ3v) is 1.60. The van der Waals surface area contributed by atoms with Gasteiger partial charge in [0.15, 0.2) is 5.69 Å². The van der Waals surface area contributed by atoms with E-state index in [-0.39, 0.29) is 5.69 Å². The molecule has 6 nitrogen and oxygen atoms in total. The van der Waals surface area contributed by atoms with Crippen molar-refractivity contribution in [2.75, 3.05) is 7.11 Å². The Labute approximate surface area is 73.0 Å². The Kier molecular flexibility index (Phi) is 1.66. The van der Waals surface area contributed by atoms with Gasteiger partial charge >= 0.3 is 5.97 Å². The summed E-state index contributed by atoms with van der Waals surface area (Å²) in [5.41, 5.74) is 1.27. The quantitative estimate of drug-likeness (QED) is 0.628. The lowest BCUT2D eigenvalue weighted by Crippen LogP contribution is -2.02. The van der Waals surface area contributed by atoms with Crippen molar-refractivity contribution in [1.82, 2.24) is 20.2 Å². The topological polar surface area (TPSA) is 80.8 Å². The molecule has 0 bridgehead atoms. The lowest BCUT2D eigenvalue weighted by Gasteiger charge is -1.92. The molecule has 0 fully saturated rings. The van der Waals surface area contributed by atoms with Crippen molar-refractivity contribution in [1.29, 1.82) is 0 Å². The Hall–Kier alpha value is -1.98. The van der Waals surface area contributed by atoms with Crippen molar-refractivity contribution >= 4 is 17.0 Å². The molecule has 0 saturated heterocycles. The molecule has 0 atom stereocenters. The van der Waals surface area contributed by atoms with Crippen LogP contribution in [0.25, 0.3) is 11.0 Å². The first-order chi connectivity index (χ1) is 6.33. The molecule has 2 heterocycles. The molecule has 0 unspecified atom stereocenters. The summed E-state index contributed by atoms with van der Waals surface area (Å²) in [4.78, 5) is 18.8. The minimum absolute atomic E-state index is 0.180. The van der Waals surface area contributed by atoms with Crippen molar-refractivity contribution in [3.05, 3.63) is 18.2 Å². The van der Waals surface area contributed by atoms with E-state index < -0.39 is 5.97 Å². The zero-order chi connectivity index (χ0) is 9.26. The molecule has 1 N–H and O–H groups in total. The molecule has 2 aromatic heterocycles. The Bertz CT molecular complexity index is 450. The Morgan fingerprint density at radius 3 is 3.23 bits per heavy atom. The standard InChI is InChI=1S/C7H6N4O2/c1-13-7(12)6-5-4(10-11-6)2-8-3-9-5/h2-3H,1H3,(H,10,11). The molecule has 0 amide bonds. The van der Waals surface area contributed by atoms with Crippen molar-refractivity contribution in [3.8, 4) is 0 Å². The van der Waals surface area contributed by atoms with Gasteiger partial charge in [-0.1, -0.05) is 0 Å². The highest BCUT2D eigenvalue weighted by atomic mass is 16.5. The van der Waals surface area contributed by atoms with E-state index in [2.05, 4.69) is 24.9 Å². The molecule has 0 saturated carbocycles. The first-order valence-corrected chi connectivity index (χ1v) is 3.55. The van der Waals surface area contributed by atoms with Gasteiger partial charge in [-0.05, 0) is 0 Å². The minimum Gasteiger partial charge on any atom is -0.464 e. The third-order valence-electron chi connectivity index (χ3n) is 1.60. The summed E-state index contributed by atoms with van der Waals surface area (Å²) in [7, 11) is 1.30. The van der Waals surface area contributed by atoms with Crippen LogP contribution in [0.4, 0.5) is 0 Å². The van der Waals surface area contributed by atoms with E-state index >= 15 is 0 Å². The van der Waals surface area contributed by atoms with E-state index in [0.29, 0.717) is 11.0 Å². The van der Waals surface area contributed by atoms with E-state index in [0.717, 1.165) is 0 Å². The second-order valence-electron chi connectivity index (χ2n) is 2.35. The van der Waals surface area contributed by atoms with Crippen LogP contribution in [0.2, 0.25) is 0 Å². The van der Waals surface area contributed by atoms with Gasteiger partial charge in [0.2, 0.25) is 0 Å². The fourth-order valence-corrected chi connectivity index (χ4v) is 1.01. The number of fused-ring (bicyclic) bond motifs is 1. The van der Waals surface area contributed by atoms with Gasteiger partial charge in [-0.3, -0.25) is 5.10 Å². The van der Waals surface area contributed by atoms with E-state index in [4.69, 9.17) is 0 Å². The normalized spacial score (nSPS) is 10.2. The van der Waals surface area contributed by atoms with Crippen molar-refractivity contribution < 1.29 is 9.53 Å². The largest absolute Gasteiger partial charge is 0.464 e. The average molecular weight is 178 g/mol. The van der Waals surface area contributed by atoms with Crippen LogP contribution in [0, 0.1) is 0 Å². The molecule has 0 aromatic carbocycles. The number of H-pyrrole nitrogens is 1. The molecule has 66 valence electrons. The lowest BCUT2D eigenvalue weighted by molar-refractivity contribution is 0.0596. The minimum atomic E-state index is -0.509. The van der Waals surface area contributed by atoms with Crippen LogP contribution in [0.5, 0.6) is 0 Å². The maximum atomic E-state index is 11.1. The zero-order valence-corrected chi connectivity index (χ0v) is 6.81. The highest BCUT2D eigenvalue weighted by Gasteiger charge is 2.14. The number of rotatable bonds is 1. The Morgan fingerprint density at radius 2 is 2.46 bits per heavy atom. The fraction of sp³-hybridized carbons (Fsp3) is 0.143. The molecule has 0 aliphatic carbocycles. The van der Waals surface area contributed by atoms with Gasteiger partial charge in [-0.15, -0.1) is 0 Å². The predicted molar refractivity (Wildman–Crippen MR) is 43.0 cm³/mol. The molecule has 6 heteroatoms. The first kappa shape index (κ1) is 7.66. The Morgan fingerprint density at radius 1 is 1.62 bits per heavy atom. The van der Waals surface area contributed by atoms with Gasteiger partial charge in [-0.2, -0.15) is 5.10 Å². The van der Waals surface area contributed by atoms with Crippen LogP contribution >= 0.6 is 0 Å². The summed E-state index contributed by atoms with van der Waals surface area (Å²) < 4.78 is 4.52. The second kappa shape index (κ2) is 2.81. The number of esters is 1. The SMILES string of the molecule is COC(=O)c1n[nH]c2cncnc12. The number of aromatic nitrogens is 4. The third kappa shape index (κ3) is 1.12. The summed E-state index contributed by atoms with van der Waals surface area (Å²) in [6, 6.07) is 0. The number of nitrogens with one attached hydrogen (secondary N) is 1. The summed E-state index contributed by atoms with van der Waals surface area (Å²) in [5, 5.41) is 6.39. The maximum absolute atomic E-state index is 11.1. The number of carbonyl (C=O) groups excluding carboxylic acids is 1. The molecular weight excluding hydrogens is 172 g/mol. The van der Waals surface area contributed by atoms with E-state index in [9.17, 15) is 4.79 Å². The van der Waals surface area contributed by atoms with Crippen LogP contribution in [-0.4, -0.2) is 33.2 Å². The number of nitrogens with zero attached hydrogens (tertiary/aromatic N) is 3. The second-order valence-corrected chi connectivity index (χ2v) is 2.35. The highest BCUT2D eigenvalue weighted by molar-refractivity contribution is 5.99. The molecule has 0 radical (unpaired) electrons. The number of aromatic amines is 1. The molecule has 0 aliphatic heterocycles. The van der Waals surface area contributed by atoms with Crippen molar-refractivity contribution in [2.24, 2.45) is 0 Å². The predicted octanol–water partition coefficient (Wildman–Crippen LogP) is 0.139. The lowest BCUT2D eigenvalue weighted by atomic mass is 10.3. The maximum Gasteiger partial charge on any atom is 0.360 e. The number of carbonyl (C=O) groups is 1. The van der Waals surface area contributed by atoms with E-state index in [1.807, 2.05) is 0 Å². The number of hydrogen-bond donors (Lipinski definition) is 1. The van der Waals surface area contributed by atoms with Gasteiger partial charge in [0.25, 0.3) is 0 Å². The van der Waals surface area contributed by atoms with Crippen molar-refractivity contribution in [2.45, 2.75) is 0 Å². The van der Waals surface area contributed by atoms with Crippen LogP contribution in [0.3, 0.4) is 0 Å². The summed E-state index contributed by atoms with van der Waals surface area (Å²) in [6.45, 7) is 0. The van der Waals surface area contributed by atoms with E-state index in [1.54, 1.807) is 6.20 Å². The molecular formula is C7H6N4O2. The van der Waals surface area contributed by atoms with Gasteiger partial charge in [0, 0.05) is 0 Å². The van der Waals surface area contributed by atoms with Crippen LogP contribution in [-0.2, 0) is 4.74 Å². The van der Waals surface area contributed by atoms with Gasteiger partial charge < -0.3 is 4.74 Å². The van der Waals surface area contributed by atoms with Crippen LogP contribution < -0.4 is 0 Å². The molecule has 2 aromatic rings. The Balaban J connectivity index is 2.64. The monoisotopic (exact) mass is 178 g/mol. The fourth-order valence-electron chi connectivity index (χ4n) is 1.01. The zero-order valence-electron chi connectivity index (χ0n) is 6.81. The molecule has 0 spiro atoms. The number of methoxy groups -OCH3 is 1. The van der Waals surface area contributed by atoms with E-state index in [1.165, 1.54) is 13.4 Å². The molecule has 0 aliphatic rings.